The second kappa shape index (κ2) is 6.85. The van der Waals surface area contributed by atoms with Crippen molar-refractivity contribution in [1.82, 2.24) is 4.90 Å². The molecule has 0 aliphatic heterocycles. The van der Waals surface area contributed by atoms with Crippen LogP contribution in [0.2, 0.25) is 0 Å². The number of nitrogens with zero attached hydrogens (tertiary/aromatic N) is 2. The monoisotopic (exact) mass is 314 g/mol. The van der Waals surface area contributed by atoms with Gasteiger partial charge in [-0.25, -0.2) is 4.39 Å². The summed E-state index contributed by atoms with van der Waals surface area (Å²) >= 11 is 5.74. The molecule has 1 saturated carbocycles. The summed E-state index contributed by atoms with van der Waals surface area (Å²) in [5, 5.41) is 11.0. The van der Waals surface area contributed by atoms with Crippen LogP contribution >= 0.6 is 11.6 Å². The molecule has 5 nitrogen and oxygen atoms in total. The maximum Gasteiger partial charge on any atom is 0.282 e. The van der Waals surface area contributed by atoms with Crippen molar-refractivity contribution in [3.05, 3.63) is 39.7 Å². The molecule has 0 atom stereocenters. The number of hydrogen-bond acceptors (Lipinski definition) is 3. The van der Waals surface area contributed by atoms with E-state index in [0.717, 1.165) is 43.9 Å². The molecule has 0 unspecified atom stereocenters. The molecule has 0 heterocycles. The van der Waals surface area contributed by atoms with E-state index in [1.54, 1.807) is 4.90 Å². The molecule has 2 rings (SSSR count). The van der Waals surface area contributed by atoms with E-state index < -0.39 is 16.6 Å². The number of nitro benzene ring substituents is 1. The number of nitro groups is 1. The lowest BCUT2D eigenvalue weighted by molar-refractivity contribution is -0.385. The van der Waals surface area contributed by atoms with Crippen molar-refractivity contribution in [2.75, 3.05) is 12.4 Å². The Hall–Kier alpha value is -1.69. The Morgan fingerprint density at radius 3 is 2.67 bits per heavy atom. The first-order valence-electron chi connectivity index (χ1n) is 6.85. The molecule has 1 amide bonds. The van der Waals surface area contributed by atoms with Crippen molar-refractivity contribution in [2.24, 2.45) is 0 Å². The summed E-state index contributed by atoms with van der Waals surface area (Å²) in [6.07, 6.45) is 3.74. The molecule has 1 aromatic carbocycles. The molecule has 1 aliphatic carbocycles. The molecule has 0 aromatic heterocycles. The van der Waals surface area contributed by atoms with Gasteiger partial charge < -0.3 is 4.90 Å². The SMILES string of the molecule is O=C(c1cc(F)ccc1[N+](=O)[O-])N(CCCl)C1CCCC1. The fourth-order valence-corrected chi connectivity index (χ4v) is 2.93. The molecule has 0 bridgehead atoms. The molecule has 0 N–H and O–H groups in total. The second-order valence-corrected chi connectivity index (χ2v) is 5.42. The molecule has 7 heteroatoms. The van der Waals surface area contributed by atoms with Crippen LogP contribution in [0, 0.1) is 15.9 Å². The Bertz CT molecular complexity index is 547. The quantitative estimate of drug-likeness (QED) is 0.475. The predicted molar refractivity (Wildman–Crippen MR) is 77.1 cm³/mol. The third-order valence-electron chi connectivity index (χ3n) is 3.74. The smallest absolute Gasteiger partial charge is 0.282 e. The van der Waals surface area contributed by atoms with Crippen molar-refractivity contribution >= 4 is 23.2 Å². The van der Waals surface area contributed by atoms with E-state index in [1.807, 2.05) is 0 Å². The first-order chi connectivity index (χ1) is 10.0. The lowest BCUT2D eigenvalue weighted by Crippen LogP contribution is -2.40. The number of halogens is 2. The van der Waals surface area contributed by atoms with Gasteiger partial charge in [-0.1, -0.05) is 12.8 Å². The molecule has 21 heavy (non-hydrogen) atoms. The molecule has 0 saturated heterocycles. The van der Waals surface area contributed by atoms with E-state index in [9.17, 15) is 19.3 Å². The minimum absolute atomic E-state index is 0.0270. The number of rotatable bonds is 5. The highest BCUT2D eigenvalue weighted by atomic mass is 35.5. The Kier molecular flexibility index (Phi) is 5.12. The van der Waals surface area contributed by atoms with Gasteiger partial charge in [-0.2, -0.15) is 0 Å². The number of amides is 1. The van der Waals surface area contributed by atoms with Crippen LogP contribution < -0.4 is 0 Å². The van der Waals surface area contributed by atoms with Gasteiger partial charge in [-0.05, 0) is 25.0 Å². The lowest BCUT2D eigenvalue weighted by Gasteiger charge is -2.28. The number of carbonyl (C=O) groups excluding carboxylic acids is 1. The first-order valence-corrected chi connectivity index (χ1v) is 7.39. The van der Waals surface area contributed by atoms with Crippen LogP contribution in [0.15, 0.2) is 18.2 Å². The Labute approximate surface area is 126 Å². The van der Waals surface area contributed by atoms with Gasteiger partial charge in [0.05, 0.1) is 4.92 Å². The van der Waals surface area contributed by atoms with Gasteiger partial charge in [-0.15, -0.1) is 11.6 Å². The fraction of sp³-hybridized carbons (Fsp3) is 0.500. The van der Waals surface area contributed by atoms with Gasteiger partial charge in [0.15, 0.2) is 0 Å². The zero-order valence-corrected chi connectivity index (χ0v) is 12.2. The molecule has 1 aromatic rings. The van der Waals surface area contributed by atoms with Crippen LogP contribution in [0.3, 0.4) is 0 Å². The summed E-state index contributed by atoms with van der Waals surface area (Å²) < 4.78 is 13.4. The van der Waals surface area contributed by atoms with Gasteiger partial charge in [0.1, 0.15) is 11.4 Å². The van der Waals surface area contributed by atoms with E-state index in [2.05, 4.69) is 0 Å². The first kappa shape index (κ1) is 15.7. The lowest BCUT2D eigenvalue weighted by atomic mass is 10.1. The maximum atomic E-state index is 13.4. The number of benzene rings is 1. The van der Waals surface area contributed by atoms with E-state index in [1.165, 1.54) is 0 Å². The highest BCUT2D eigenvalue weighted by Crippen LogP contribution is 2.28. The zero-order valence-electron chi connectivity index (χ0n) is 11.4. The van der Waals surface area contributed by atoms with Crippen molar-refractivity contribution in [3.8, 4) is 0 Å². The highest BCUT2D eigenvalue weighted by Gasteiger charge is 2.31. The Morgan fingerprint density at radius 1 is 1.43 bits per heavy atom. The summed E-state index contributed by atoms with van der Waals surface area (Å²) in [7, 11) is 0. The summed E-state index contributed by atoms with van der Waals surface area (Å²) in [6.45, 7) is 0.304. The van der Waals surface area contributed by atoms with Gasteiger partial charge >= 0.3 is 0 Å². The zero-order chi connectivity index (χ0) is 15.4. The number of alkyl halides is 1. The topological polar surface area (TPSA) is 63.4 Å². The minimum atomic E-state index is -0.666. The van der Waals surface area contributed by atoms with E-state index in [0.29, 0.717) is 6.54 Å². The molecular weight excluding hydrogens is 299 g/mol. The summed E-state index contributed by atoms with van der Waals surface area (Å²) in [5.41, 5.74) is -0.587. The van der Waals surface area contributed by atoms with E-state index in [4.69, 9.17) is 11.6 Å². The second-order valence-electron chi connectivity index (χ2n) is 5.04. The maximum absolute atomic E-state index is 13.4. The third kappa shape index (κ3) is 3.50. The van der Waals surface area contributed by atoms with Gasteiger partial charge in [0, 0.05) is 24.5 Å². The third-order valence-corrected chi connectivity index (χ3v) is 3.91. The van der Waals surface area contributed by atoms with E-state index >= 15 is 0 Å². The van der Waals surface area contributed by atoms with Crippen LogP contribution in [0.25, 0.3) is 0 Å². The minimum Gasteiger partial charge on any atom is -0.334 e. The van der Waals surface area contributed by atoms with E-state index in [-0.39, 0.29) is 23.2 Å². The highest BCUT2D eigenvalue weighted by molar-refractivity contribution is 6.18. The molecule has 0 radical (unpaired) electrons. The van der Waals surface area contributed by atoms with Crippen LogP contribution in [0.5, 0.6) is 0 Å². The van der Waals surface area contributed by atoms with Crippen molar-refractivity contribution in [3.63, 3.8) is 0 Å². The fourth-order valence-electron chi connectivity index (χ4n) is 2.75. The van der Waals surface area contributed by atoms with Crippen molar-refractivity contribution < 1.29 is 14.1 Å². The Morgan fingerprint density at radius 2 is 2.10 bits per heavy atom. The van der Waals surface area contributed by atoms with Crippen molar-refractivity contribution in [2.45, 2.75) is 31.7 Å². The molecule has 114 valence electrons. The molecule has 1 fully saturated rings. The van der Waals surface area contributed by atoms with Crippen LogP contribution in [-0.2, 0) is 0 Å². The van der Waals surface area contributed by atoms with Crippen molar-refractivity contribution in [1.29, 1.82) is 0 Å². The van der Waals surface area contributed by atoms with Gasteiger partial charge in [0.2, 0.25) is 0 Å². The average molecular weight is 315 g/mol. The molecule has 0 spiro atoms. The standard InChI is InChI=1S/C14H16ClFN2O3/c15-7-8-17(11-3-1-2-4-11)14(19)12-9-10(16)5-6-13(12)18(20)21/h5-6,9,11H,1-4,7-8H2. The molecular formula is C14H16ClFN2O3. The number of hydrogen-bond donors (Lipinski definition) is 0. The summed E-state index contributed by atoms with van der Waals surface area (Å²) in [4.78, 5) is 24.5. The van der Waals surface area contributed by atoms with Crippen LogP contribution in [0.1, 0.15) is 36.0 Å². The van der Waals surface area contributed by atoms with Crippen LogP contribution in [-0.4, -0.2) is 34.2 Å². The summed E-state index contributed by atoms with van der Waals surface area (Å²) in [6, 6.07) is 2.96. The normalized spacial score (nSPS) is 15.1. The van der Waals surface area contributed by atoms with Gasteiger partial charge in [-0.3, -0.25) is 14.9 Å². The predicted octanol–water partition coefficient (Wildman–Crippen LogP) is 3.36. The van der Waals surface area contributed by atoms with Gasteiger partial charge in [0.25, 0.3) is 11.6 Å². The number of carbonyl (C=O) groups is 1. The Balaban J connectivity index is 2.35. The summed E-state index contributed by atoms with van der Waals surface area (Å²) in [5.74, 6) is -0.944. The largest absolute Gasteiger partial charge is 0.334 e. The molecule has 1 aliphatic rings. The average Bonchev–Trinajstić information content (AvgIpc) is 2.97. The van der Waals surface area contributed by atoms with Crippen LogP contribution in [0.4, 0.5) is 10.1 Å².